The van der Waals surface area contributed by atoms with Crippen molar-refractivity contribution in [1.29, 1.82) is 0 Å². The van der Waals surface area contributed by atoms with Crippen LogP contribution in [-0.4, -0.2) is 49.8 Å². The summed E-state index contributed by atoms with van der Waals surface area (Å²) in [5.41, 5.74) is 0. The lowest BCUT2D eigenvalue weighted by atomic mass is 10.1. The first kappa shape index (κ1) is 11.0. The van der Waals surface area contributed by atoms with Crippen molar-refractivity contribution < 1.29 is 4.74 Å². The minimum Gasteiger partial charge on any atom is -0.380 e. The Hall–Kier alpha value is -0.120. The smallest absolute Gasteiger partial charge is 0.0670 e. The molecule has 13 heavy (non-hydrogen) atoms. The summed E-state index contributed by atoms with van der Waals surface area (Å²) in [7, 11) is 1.78. The van der Waals surface area contributed by atoms with Crippen LogP contribution >= 0.6 is 0 Å². The van der Waals surface area contributed by atoms with Gasteiger partial charge in [-0.2, -0.15) is 0 Å². The quantitative estimate of drug-likeness (QED) is 0.702. The van der Waals surface area contributed by atoms with E-state index in [0.717, 1.165) is 19.6 Å². The summed E-state index contributed by atoms with van der Waals surface area (Å²) >= 11 is 0. The van der Waals surface area contributed by atoms with Gasteiger partial charge in [-0.15, -0.1) is 0 Å². The van der Waals surface area contributed by atoms with E-state index in [1.165, 1.54) is 0 Å². The molecular weight excluding hydrogens is 164 g/mol. The van der Waals surface area contributed by atoms with E-state index in [0.29, 0.717) is 18.2 Å². The second kappa shape index (κ2) is 4.94. The number of nitrogens with one attached hydrogen (secondary N) is 1. The zero-order valence-corrected chi connectivity index (χ0v) is 9.21. The fourth-order valence-corrected chi connectivity index (χ4v) is 1.79. The van der Waals surface area contributed by atoms with Crippen molar-refractivity contribution in [3.8, 4) is 0 Å². The third kappa shape index (κ3) is 2.93. The monoisotopic (exact) mass is 186 g/mol. The molecule has 1 saturated heterocycles. The van der Waals surface area contributed by atoms with Gasteiger partial charge >= 0.3 is 0 Å². The number of hydrogen-bond acceptors (Lipinski definition) is 3. The molecule has 0 aliphatic carbocycles. The van der Waals surface area contributed by atoms with Crippen LogP contribution < -0.4 is 5.32 Å². The lowest BCUT2D eigenvalue weighted by Gasteiger charge is -2.39. The number of methoxy groups -OCH3 is 1. The number of piperazine rings is 1. The molecule has 0 amide bonds. The molecule has 1 aliphatic rings. The van der Waals surface area contributed by atoms with Crippen LogP contribution in [-0.2, 0) is 4.74 Å². The van der Waals surface area contributed by atoms with Crippen molar-refractivity contribution in [2.24, 2.45) is 0 Å². The van der Waals surface area contributed by atoms with E-state index < -0.39 is 0 Å². The second-order valence-electron chi connectivity index (χ2n) is 4.02. The van der Waals surface area contributed by atoms with Crippen LogP contribution in [0.25, 0.3) is 0 Å². The normalized spacial score (nSPS) is 33.2. The fraction of sp³-hybridized carbons (Fsp3) is 1.00. The van der Waals surface area contributed by atoms with Gasteiger partial charge in [-0.1, -0.05) is 0 Å². The van der Waals surface area contributed by atoms with E-state index in [9.17, 15) is 0 Å². The average molecular weight is 186 g/mol. The number of rotatable bonds is 3. The van der Waals surface area contributed by atoms with Crippen molar-refractivity contribution >= 4 is 0 Å². The van der Waals surface area contributed by atoms with Gasteiger partial charge in [0, 0.05) is 38.8 Å². The van der Waals surface area contributed by atoms with Crippen LogP contribution in [0.15, 0.2) is 0 Å². The van der Waals surface area contributed by atoms with Crippen molar-refractivity contribution in [1.82, 2.24) is 10.2 Å². The van der Waals surface area contributed by atoms with Gasteiger partial charge < -0.3 is 10.1 Å². The third-order valence-electron chi connectivity index (χ3n) is 3.06. The molecule has 1 aliphatic heterocycles. The van der Waals surface area contributed by atoms with Gasteiger partial charge in [-0.25, -0.2) is 0 Å². The van der Waals surface area contributed by atoms with E-state index in [1.54, 1.807) is 7.11 Å². The van der Waals surface area contributed by atoms with Crippen LogP contribution in [0.2, 0.25) is 0 Å². The van der Waals surface area contributed by atoms with Crippen molar-refractivity contribution in [2.45, 2.75) is 39.0 Å². The molecule has 3 heteroatoms. The van der Waals surface area contributed by atoms with E-state index >= 15 is 0 Å². The Morgan fingerprint density at radius 1 is 1.54 bits per heavy atom. The van der Waals surface area contributed by atoms with Crippen LogP contribution in [0.4, 0.5) is 0 Å². The minimum absolute atomic E-state index is 0.341. The Labute approximate surface area is 81.4 Å². The molecule has 0 bridgehead atoms. The molecule has 0 spiro atoms. The molecule has 3 atom stereocenters. The van der Waals surface area contributed by atoms with Gasteiger partial charge in [-0.3, -0.25) is 4.90 Å². The maximum absolute atomic E-state index is 5.27. The predicted octanol–water partition coefficient (Wildman–Crippen LogP) is 0.703. The van der Waals surface area contributed by atoms with Crippen LogP contribution in [0, 0.1) is 0 Å². The lowest BCUT2D eigenvalue weighted by molar-refractivity contribution is 0.0447. The highest BCUT2D eigenvalue weighted by Crippen LogP contribution is 2.09. The fourth-order valence-electron chi connectivity index (χ4n) is 1.79. The van der Waals surface area contributed by atoms with E-state index in [4.69, 9.17) is 4.74 Å². The molecule has 1 rings (SSSR count). The molecular formula is C10H22N2O. The van der Waals surface area contributed by atoms with Crippen molar-refractivity contribution in [2.75, 3.05) is 26.7 Å². The van der Waals surface area contributed by atoms with Crippen molar-refractivity contribution in [3.63, 3.8) is 0 Å². The van der Waals surface area contributed by atoms with Crippen LogP contribution in [0.1, 0.15) is 20.8 Å². The molecule has 3 nitrogen and oxygen atoms in total. The number of hydrogen-bond donors (Lipinski definition) is 1. The van der Waals surface area contributed by atoms with Gasteiger partial charge in [-0.05, 0) is 20.8 Å². The topological polar surface area (TPSA) is 24.5 Å². The first-order valence-corrected chi connectivity index (χ1v) is 5.15. The van der Waals surface area contributed by atoms with Gasteiger partial charge in [0.15, 0.2) is 0 Å². The zero-order valence-electron chi connectivity index (χ0n) is 9.21. The van der Waals surface area contributed by atoms with E-state index in [1.807, 2.05) is 0 Å². The Bertz CT molecular complexity index is 152. The summed E-state index contributed by atoms with van der Waals surface area (Å²) < 4.78 is 5.27. The Morgan fingerprint density at radius 3 is 2.85 bits per heavy atom. The standard InChI is InChI=1S/C10H22N2O/c1-8(13-4)7-12-6-5-11-9(2)10(12)3/h8-11H,5-7H2,1-4H3. The maximum Gasteiger partial charge on any atom is 0.0670 e. The second-order valence-corrected chi connectivity index (χ2v) is 4.02. The predicted molar refractivity (Wildman–Crippen MR) is 55.0 cm³/mol. The molecule has 1 heterocycles. The maximum atomic E-state index is 5.27. The summed E-state index contributed by atoms with van der Waals surface area (Å²) in [6.07, 6.45) is 0.341. The first-order valence-electron chi connectivity index (χ1n) is 5.15. The van der Waals surface area contributed by atoms with Crippen LogP contribution in [0.5, 0.6) is 0 Å². The SMILES string of the molecule is COC(C)CN1CCNC(C)C1C. The number of ether oxygens (including phenoxy) is 1. The molecule has 1 fully saturated rings. The van der Waals surface area contributed by atoms with E-state index in [-0.39, 0.29) is 0 Å². The third-order valence-corrected chi connectivity index (χ3v) is 3.06. The number of nitrogens with zero attached hydrogens (tertiary/aromatic N) is 1. The summed E-state index contributed by atoms with van der Waals surface area (Å²) in [4.78, 5) is 2.50. The Kier molecular flexibility index (Phi) is 4.16. The van der Waals surface area contributed by atoms with Gasteiger partial charge in [0.2, 0.25) is 0 Å². The average Bonchev–Trinajstić information content (AvgIpc) is 2.13. The van der Waals surface area contributed by atoms with Gasteiger partial charge in [0.1, 0.15) is 0 Å². The molecule has 0 aromatic heterocycles. The van der Waals surface area contributed by atoms with E-state index in [2.05, 4.69) is 31.0 Å². The summed E-state index contributed by atoms with van der Waals surface area (Å²) in [5.74, 6) is 0. The highest BCUT2D eigenvalue weighted by molar-refractivity contribution is 4.84. The molecule has 0 aromatic rings. The Balaban J connectivity index is 2.39. The summed E-state index contributed by atoms with van der Waals surface area (Å²) in [5, 5.41) is 3.47. The zero-order chi connectivity index (χ0) is 9.84. The molecule has 0 radical (unpaired) electrons. The van der Waals surface area contributed by atoms with Gasteiger partial charge in [0.25, 0.3) is 0 Å². The Morgan fingerprint density at radius 2 is 2.23 bits per heavy atom. The minimum atomic E-state index is 0.341. The summed E-state index contributed by atoms with van der Waals surface area (Å²) in [6.45, 7) is 9.93. The summed E-state index contributed by atoms with van der Waals surface area (Å²) in [6, 6.07) is 1.21. The van der Waals surface area contributed by atoms with Crippen LogP contribution in [0.3, 0.4) is 0 Å². The molecule has 3 unspecified atom stereocenters. The lowest BCUT2D eigenvalue weighted by Crippen LogP contribution is -2.56. The molecule has 78 valence electrons. The van der Waals surface area contributed by atoms with Crippen molar-refractivity contribution in [3.05, 3.63) is 0 Å². The molecule has 0 saturated carbocycles. The first-order chi connectivity index (χ1) is 6.15. The largest absolute Gasteiger partial charge is 0.380 e. The highest BCUT2D eigenvalue weighted by atomic mass is 16.5. The molecule has 1 N–H and O–H groups in total. The molecule has 0 aromatic carbocycles. The van der Waals surface area contributed by atoms with Gasteiger partial charge in [0.05, 0.1) is 6.10 Å². The highest BCUT2D eigenvalue weighted by Gasteiger charge is 2.24.